The van der Waals surface area contributed by atoms with E-state index in [1.54, 1.807) is 12.4 Å². The van der Waals surface area contributed by atoms with Gasteiger partial charge in [0.2, 0.25) is 11.9 Å². The maximum atomic E-state index is 12.8. The van der Waals surface area contributed by atoms with Crippen molar-refractivity contribution in [3.05, 3.63) is 48.8 Å². The van der Waals surface area contributed by atoms with E-state index in [9.17, 15) is 4.79 Å². The quantitative estimate of drug-likeness (QED) is 0.855. The molecule has 2 aromatic rings. The topological polar surface area (TPSA) is 52.6 Å². The molecule has 1 atom stereocenters. The summed E-state index contributed by atoms with van der Waals surface area (Å²) >= 11 is 0. The molecule has 1 amide bonds. The Labute approximate surface area is 141 Å². The van der Waals surface area contributed by atoms with E-state index in [4.69, 9.17) is 0 Å². The lowest BCUT2D eigenvalue weighted by Crippen LogP contribution is -2.53. The maximum absolute atomic E-state index is 12.8. The fraction of sp³-hybridized carbons (Fsp3) is 0.389. The molecule has 1 aromatic carbocycles. The van der Waals surface area contributed by atoms with Gasteiger partial charge in [0.15, 0.2) is 0 Å². The molecule has 2 fully saturated rings. The number of amides is 1. The highest BCUT2D eigenvalue weighted by Gasteiger charge is 2.37. The van der Waals surface area contributed by atoms with Crippen LogP contribution in [0.2, 0.25) is 0 Å². The van der Waals surface area contributed by atoms with E-state index in [1.807, 2.05) is 41.3 Å². The Morgan fingerprint density at radius 1 is 0.875 bits per heavy atom. The molecule has 124 valence electrons. The maximum Gasteiger partial charge on any atom is 0.244 e. The van der Waals surface area contributed by atoms with Crippen molar-refractivity contribution in [2.75, 3.05) is 42.5 Å². The van der Waals surface area contributed by atoms with Crippen molar-refractivity contribution in [3.63, 3.8) is 0 Å². The van der Waals surface area contributed by atoms with Gasteiger partial charge in [0.05, 0.1) is 6.04 Å². The van der Waals surface area contributed by atoms with Gasteiger partial charge in [-0.15, -0.1) is 0 Å². The van der Waals surface area contributed by atoms with Crippen LogP contribution in [0.25, 0.3) is 0 Å². The Balaban J connectivity index is 1.39. The third-order valence-corrected chi connectivity index (χ3v) is 4.84. The van der Waals surface area contributed by atoms with Crippen LogP contribution in [0.3, 0.4) is 0 Å². The van der Waals surface area contributed by atoms with Gasteiger partial charge in [-0.05, 0) is 24.6 Å². The molecule has 0 radical (unpaired) electrons. The van der Waals surface area contributed by atoms with Gasteiger partial charge in [-0.1, -0.05) is 18.2 Å². The van der Waals surface area contributed by atoms with Crippen molar-refractivity contribution in [2.45, 2.75) is 12.5 Å². The highest BCUT2D eigenvalue weighted by Crippen LogP contribution is 2.25. The molecule has 24 heavy (non-hydrogen) atoms. The van der Waals surface area contributed by atoms with E-state index in [1.165, 1.54) is 0 Å². The summed E-state index contributed by atoms with van der Waals surface area (Å²) in [6.07, 6.45) is 4.44. The third kappa shape index (κ3) is 2.85. The highest BCUT2D eigenvalue weighted by molar-refractivity contribution is 5.99. The number of hydrogen-bond donors (Lipinski definition) is 0. The van der Waals surface area contributed by atoms with Crippen LogP contribution in [0.15, 0.2) is 48.8 Å². The minimum atomic E-state index is 0.00375. The van der Waals surface area contributed by atoms with E-state index in [2.05, 4.69) is 19.8 Å². The average molecular weight is 323 g/mol. The van der Waals surface area contributed by atoms with Crippen LogP contribution in [0, 0.1) is 0 Å². The molecule has 0 spiro atoms. The zero-order valence-corrected chi connectivity index (χ0v) is 13.6. The summed E-state index contributed by atoms with van der Waals surface area (Å²) in [6, 6.07) is 11.8. The molecule has 1 aromatic heterocycles. The predicted molar refractivity (Wildman–Crippen MR) is 93.0 cm³/mol. The van der Waals surface area contributed by atoms with Crippen LogP contribution in [0.5, 0.6) is 0 Å². The summed E-state index contributed by atoms with van der Waals surface area (Å²) in [4.78, 5) is 27.8. The van der Waals surface area contributed by atoms with Crippen LogP contribution in [-0.4, -0.2) is 59.5 Å². The standard InChI is InChI=1S/C18H21N5O/c24-17-16(7-10-23(17)15-5-2-1-3-6-15)21-11-13-22(14-12-21)18-19-8-4-9-20-18/h1-6,8-9,16H,7,10-14H2. The van der Waals surface area contributed by atoms with Gasteiger partial charge in [-0.25, -0.2) is 9.97 Å². The van der Waals surface area contributed by atoms with Crippen molar-refractivity contribution in [3.8, 4) is 0 Å². The van der Waals surface area contributed by atoms with Crippen molar-refractivity contribution < 1.29 is 4.79 Å². The largest absolute Gasteiger partial charge is 0.338 e. The Bertz CT molecular complexity index is 685. The second-order valence-corrected chi connectivity index (χ2v) is 6.20. The van der Waals surface area contributed by atoms with Crippen LogP contribution in [0.4, 0.5) is 11.6 Å². The summed E-state index contributed by atoms with van der Waals surface area (Å²) in [6.45, 7) is 4.27. The number of rotatable bonds is 3. The molecule has 6 nitrogen and oxygen atoms in total. The zero-order chi connectivity index (χ0) is 16.4. The van der Waals surface area contributed by atoms with Crippen LogP contribution in [0.1, 0.15) is 6.42 Å². The summed E-state index contributed by atoms with van der Waals surface area (Å²) in [5.74, 6) is 1.01. The Hall–Kier alpha value is -2.47. The molecule has 4 rings (SSSR count). The summed E-state index contributed by atoms with van der Waals surface area (Å²) in [5, 5.41) is 0. The molecular formula is C18H21N5O. The number of piperazine rings is 1. The fourth-order valence-electron chi connectivity index (χ4n) is 3.56. The van der Waals surface area contributed by atoms with Crippen molar-refractivity contribution in [2.24, 2.45) is 0 Å². The number of para-hydroxylation sites is 1. The molecule has 0 bridgehead atoms. The monoisotopic (exact) mass is 323 g/mol. The number of anilines is 2. The normalized spacial score (nSPS) is 22.2. The molecular weight excluding hydrogens is 302 g/mol. The lowest BCUT2D eigenvalue weighted by molar-refractivity contribution is -0.121. The van der Waals surface area contributed by atoms with Crippen molar-refractivity contribution in [1.29, 1.82) is 0 Å². The molecule has 2 aliphatic heterocycles. The Morgan fingerprint density at radius 3 is 2.29 bits per heavy atom. The minimum absolute atomic E-state index is 0.00375. The van der Waals surface area contributed by atoms with E-state index in [-0.39, 0.29) is 11.9 Å². The molecule has 0 N–H and O–H groups in total. The zero-order valence-electron chi connectivity index (χ0n) is 13.6. The number of carbonyl (C=O) groups is 1. The SMILES string of the molecule is O=C1C(N2CCN(c3ncccn3)CC2)CCN1c1ccccc1. The van der Waals surface area contributed by atoms with E-state index in [0.717, 1.165) is 50.8 Å². The first-order valence-electron chi connectivity index (χ1n) is 8.45. The molecule has 2 saturated heterocycles. The van der Waals surface area contributed by atoms with Crippen LogP contribution < -0.4 is 9.80 Å². The molecule has 0 aliphatic carbocycles. The summed E-state index contributed by atoms with van der Waals surface area (Å²) in [7, 11) is 0. The average Bonchev–Trinajstić information content (AvgIpc) is 3.05. The minimum Gasteiger partial charge on any atom is -0.338 e. The van der Waals surface area contributed by atoms with Crippen LogP contribution >= 0.6 is 0 Å². The second kappa shape index (κ2) is 6.57. The van der Waals surface area contributed by atoms with E-state index < -0.39 is 0 Å². The van der Waals surface area contributed by atoms with Gasteiger partial charge in [-0.3, -0.25) is 9.69 Å². The van der Waals surface area contributed by atoms with Crippen molar-refractivity contribution >= 4 is 17.5 Å². The first kappa shape index (κ1) is 15.1. The first-order valence-corrected chi connectivity index (χ1v) is 8.45. The number of hydrogen-bond acceptors (Lipinski definition) is 5. The summed E-state index contributed by atoms with van der Waals surface area (Å²) < 4.78 is 0. The smallest absolute Gasteiger partial charge is 0.244 e. The van der Waals surface area contributed by atoms with E-state index in [0.29, 0.717) is 0 Å². The lowest BCUT2D eigenvalue weighted by Gasteiger charge is -2.37. The molecule has 0 saturated carbocycles. The van der Waals surface area contributed by atoms with Gasteiger partial charge in [0.25, 0.3) is 0 Å². The molecule has 2 aliphatic rings. The highest BCUT2D eigenvalue weighted by atomic mass is 16.2. The van der Waals surface area contributed by atoms with Gasteiger partial charge < -0.3 is 9.80 Å². The van der Waals surface area contributed by atoms with Crippen molar-refractivity contribution in [1.82, 2.24) is 14.9 Å². The fourth-order valence-corrected chi connectivity index (χ4v) is 3.56. The summed E-state index contributed by atoms with van der Waals surface area (Å²) in [5.41, 5.74) is 1.00. The number of carbonyl (C=O) groups excluding carboxylic acids is 1. The van der Waals surface area contributed by atoms with Gasteiger partial charge in [-0.2, -0.15) is 0 Å². The molecule has 3 heterocycles. The van der Waals surface area contributed by atoms with Gasteiger partial charge in [0, 0.05) is 50.8 Å². The first-order chi connectivity index (χ1) is 11.8. The Morgan fingerprint density at radius 2 is 1.58 bits per heavy atom. The third-order valence-electron chi connectivity index (χ3n) is 4.84. The Kier molecular flexibility index (Phi) is 4.13. The second-order valence-electron chi connectivity index (χ2n) is 6.20. The van der Waals surface area contributed by atoms with E-state index >= 15 is 0 Å². The van der Waals surface area contributed by atoms with Gasteiger partial charge in [0.1, 0.15) is 0 Å². The number of benzene rings is 1. The lowest BCUT2D eigenvalue weighted by atomic mass is 10.2. The predicted octanol–water partition coefficient (Wildman–Crippen LogP) is 1.40. The number of nitrogens with zero attached hydrogens (tertiary/aromatic N) is 5. The molecule has 6 heteroatoms. The van der Waals surface area contributed by atoms with Crippen LogP contribution in [-0.2, 0) is 4.79 Å². The number of aromatic nitrogens is 2. The van der Waals surface area contributed by atoms with Gasteiger partial charge >= 0.3 is 0 Å². The molecule has 1 unspecified atom stereocenters.